The maximum atomic E-state index is 11.3. The largest absolute Gasteiger partial charge is 0.447 e. The van der Waals surface area contributed by atoms with Gasteiger partial charge in [0.15, 0.2) is 0 Å². The number of hydrogen-bond acceptors (Lipinski definition) is 4. The van der Waals surface area contributed by atoms with E-state index in [0.717, 1.165) is 11.3 Å². The minimum atomic E-state index is -3.83. The molecule has 0 saturated carbocycles. The number of benzene rings is 2. The first-order valence-electron chi connectivity index (χ1n) is 5.63. The Morgan fingerprint density at radius 1 is 1.05 bits per heavy atom. The van der Waals surface area contributed by atoms with Gasteiger partial charge in [0, 0.05) is 24.4 Å². The molecule has 0 spiro atoms. The van der Waals surface area contributed by atoms with Gasteiger partial charge in [-0.05, 0) is 26.2 Å². The third-order valence-corrected chi connectivity index (χ3v) is 3.71. The zero-order valence-corrected chi connectivity index (χ0v) is 10.9. The van der Waals surface area contributed by atoms with E-state index >= 15 is 0 Å². The molecule has 0 amide bonds. The summed E-state index contributed by atoms with van der Waals surface area (Å²) in [4.78, 5) is 0.0280. The molecule has 1 unspecified atom stereocenters. The van der Waals surface area contributed by atoms with E-state index in [9.17, 15) is 8.76 Å². The number of nitrogens with one attached hydrogen (secondary N) is 1. The Hall–Kier alpha value is -1.73. The molecular formula is C13H14N2O3S+. The summed E-state index contributed by atoms with van der Waals surface area (Å²) >= 11 is 0. The molecule has 0 aliphatic rings. The number of anilines is 1. The van der Waals surface area contributed by atoms with Gasteiger partial charge in [-0.3, -0.25) is 0 Å². The van der Waals surface area contributed by atoms with Crippen LogP contribution in [-0.4, -0.2) is 0 Å². The van der Waals surface area contributed by atoms with Crippen LogP contribution in [0, 0.1) is 0 Å². The molecule has 0 saturated heterocycles. The highest BCUT2D eigenvalue weighted by molar-refractivity contribution is 7.92. The van der Waals surface area contributed by atoms with Crippen molar-refractivity contribution in [3.8, 4) is 0 Å². The molecule has 0 aliphatic carbocycles. The van der Waals surface area contributed by atoms with Gasteiger partial charge in [0.05, 0.1) is 4.55 Å². The van der Waals surface area contributed by atoms with E-state index in [4.69, 9.17) is 5.90 Å². The summed E-state index contributed by atoms with van der Waals surface area (Å²) in [7, 11) is -3.83. The highest BCUT2D eigenvalue weighted by atomic mass is 32.3. The third-order valence-electron chi connectivity index (χ3n) is 2.61. The summed E-state index contributed by atoms with van der Waals surface area (Å²) in [6, 6.07) is 16.1. The van der Waals surface area contributed by atoms with Crippen LogP contribution < -0.4 is 11.2 Å². The van der Waals surface area contributed by atoms with Gasteiger partial charge in [-0.25, -0.2) is 0 Å². The van der Waals surface area contributed by atoms with E-state index in [1.54, 1.807) is 12.1 Å². The molecular weight excluding hydrogens is 264 g/mol. The maximum absolute atomic E-state index is 11.3. The summed E-state index contributed by atoms with van der Waals surface area (Å²) in [6.07, 6.45) is 0. The predicted octanol–water partition coefficient (Wildman–Crippen LogP) is 2.31. The van der Waals surface area contributed by atoms with Gasteiger partial charge in [-0.2, -0.15) is 5.90 Å². The normalized spacial score (nSPS) is 13.8. The van der Waals surface area contributed by atoms with Crippen LogP contribution in [0.2, 0.25) is 0 Å². The minimum absolute atomic E-state index is 0.0280. The van der Waals surface area contributed by atoms with Gasteiger partial charge in [0.2, 0.25) is 4.90 Å². The average Bonchev–Trinajstić information content (AvgIpc) is 2.47. The van der Waals surface area contributed by atoms with Gasteiger partial charge in [0.25, 0.3) is 0 Å². The van der Waals surface area contributed by atoms with Crippen molar-refractivity contribution in [2.45, 2.75) is 11.4 Å². The summed E-state index contributed by atoms with van der Waals surface area (Å²) < 4.78 is 26.6. The number of nitrogens with two attached hydrogens (primary N) is 1. The summed E-state index contributed by atoms with van der Waals surface area (Å²) in [5, 5.41) is 3.19. The highest BCUT2D eigenvalue weighted by Gasteiger charge is 2.33. The van der Waals surface area contributed by atoms with Crippen molar-refractivity contribution in [3.63, 3.8) is 0 Å². The Morgan fingerprint density at radius 3 is 2.26 bits per heavy atom. The lowest BCUT2D eigenvalue weighted by molar-refractivity contribution is 0.261. The zero-order valence-electron chi connectivity index (χ0n) is 10.1. The second-order valence-corrected chi connectivity index (χ2v) is 5.49. The first-order chi connectivity index (χ1) is 9.12. The molecule has 5 nitrogen and oxygen atoms in total. The lowest BCUT2D eigenvalue weighted by Gasteiger charge is -2.06. The molecule has 0 heterocycles. The third kappa shape index (κ3) is 3.62. The minimum Gasteiger partial charge on any atom is -0.381 e. The monoisotopic (exact) mass is 278 g/mol. The molecule has 19 heavy (non-hydrogen) atoms. The second kappa shape index (κ2) is 5.94. The molecule has 2 aromatic rings. The van der Waals surface area contributed by atoms with Crippen molar-refractivity contribution in [1.29, 1.82) is 0 Å². The van der Waals surface area contributed by atoms with Crippen LogP contribution in [0.3, 0.4) is 0 Å². The first kappa shape index (κ1) is 13.7. The molecule has 99 valence electrons. The summed E-state index contributed by atoms with van der Waals surface area (Å²) in [5.41, 5.74) is 1.96. The van der Waals surface area contributed by atoms with Crippen LogP contribution in [0.15, 0.2) is 59.5 Å². The summed E-state index contributed by atoms with van der Waals surface area (Å²) in [5.74, 6) is 4.71. The zero-order chi connectivity index (χ0) is 13.7. The van der Waals surface area contributed by atoms with E-state index < -0.39 is 10.5 Å². The van der Waals surface area contributed by atoms with Crippen LogP contribution in [-0.2, 0) is 30.1 Å². The van der Waals surface area contributed by atoms with Crippen molar-refractivity contribution in [1.82, 2.24) is 0 Å². The Labute approximate surface area is 112 Å². The Bertz CT molecular complexity index is 572. The van der Waals surface area contributed by atoms with Gasteiger partial charge in [-0.15, -0.1) is 0 Å². The first-order valence-corrected chi connectivity index (χ1v) is 7.04. The molecule has 6 heteroatoms. The molecule has 2 aromatic carbocycles. The lowest BCUT2D eigenvalue weighted by Crippen LogP contribution is -2.16. The number of hydrogen-bond donors (Lipinski definition) is 2. The second-order valence-electron chi connectivity index (χ2n) is 3.91. The highest BCUT2D eigenvalue weighted by Crippen LogP contribution is 2.19. The van der Waals surface area contributed by atoms with E-state index in [1.807, 2.05) is 30.3 Å². The SMILES string of the molecule is NO[S+]([O])(=O)c1ccc(NCc2ccccc2)cc1. The molecule has 1 radical (unpaired) electrons. The van der Waals surface area contributed by atoms with E-state index in [1.165, 1.54) is 12.1 Å². The molecule has 1 atom stereocenters. The Balaban J connectivity index is 2.02. The van der Waals surface area contributed by atoms with Crippen molar-refractivity contribution in [3.05, 3.63) is 60.2 Å². The lowest BCUT2D eigenvalue weighted by atomic mass is 10.2. The Morgan fingerprint density at radius 2 is 1.68 bits per heavy atom. The fourth-order valence-electron chi connectivity index (χ4n) is 1.59. The molecule has 2 rings (SSSR count). The quantitative estimate of drug-likeness (QED) is 0.649. The van der Waals surface area contributed by atoms with Gasteiger partial charge in [-0.1, -0.05) is 30.3 Å². The van der Waals surface area contributed by atoms with Crippen LogP contribution in [0.1, 0.15) is 5.56 Å². The molecule has 0 fully saturated rings. The predicted molar refractivity (Wildman–Crippen MR) is 72.5 cm³/mol. The Kier molecular flexibility index (Phi) is 4.28. The van der Waals surface area contributed by atoms with Gasteiger partial charge < -0.3 is 5.32 Å². The van der Waals surface area contributed by atoms with Crippen molar-refractivity contribution < 1.29 is 13.0 Å². The molecule has 0 aromatic heterocycles. The van der Waals surface area contributed by atoms with E-state index in [-0.39, 0.29) is 4.90 Å². The molecule has 3 N–H and O–H groups in total. The van der Waals surface area contributed by atoms with E-state index in [0.29, 0.717) is 6.54 Å². The summed E-state index contributed by atoms with van der Waals surface area (Å²) in [6.45, 7) is 0.667. The van der Waals surface area contributed by atoms with Crippen LogP contribution in [0.4, 0.5) is 5.69 Å². The van der Waals surface area contributed by atoms with E-state index in [2.05, 4.69) is 9.60 Å². The standard InChI is InChI=1S/C13H14N2O3S/c14-18-19(16,17)13-8-6-12(7-9-13)15-10-11-4-2-1-3-5-11/h1-9,15H,10,14H2/q+1. The molecule has 0 bridgehead atoms. The fourth-order valence-corrected chi connectivity index (χ4v) is 2.18. The van der Waals surface area contributed by atoms with Crippen molar-refractivity contribution in [2.75, 3.05) is 5.32 Å². The maximum Gasteiger partial charge on any atom is 0.447 e. The van der Waals surface area contributed by atoms with Crippen molar-refractivity contribution >= 4 is 16.2 Å². The van der Waals surface area contributed by atoms with Gasteiger partial charge >= 0.3 is 10.5 Å². The fraction of sp³-hybridized carbons (Fsp3) is 0.0769. The average molecular weight is 278 g/mol. The number of rotatable bonds is 5. The van der Waals surface area contributed by atoms with Gasteiger partial charge in [0.1, 0.15) is 0 Å². The van der Waals surface area contributed by atoms with Crippen molar-refractivity contribution in [2.24, 2.45) is 5.90 Å². The smallest absolute Gasteiger partial charge is 0.381 e. The van der Waals surface area contributed by atoms with Crippen LogP contribution in [0.25, 0.3) is 0 Å². The van der Waals surface area contributed by atoms with Crippen LogP contribution in [0.5, 0.6) is 0 Å². The van der Waals surface area contributed by atoms with Crippen LogP contribution >= 0.6 is 0 Å². The molecule has 0 aliphatic heterocycles. The topological polar surface area (TPSA) is 84.2 Å².